The van der Waals surface area contributed by atoms with Crippen LogP contribution in [-0.2, 0) is 27.1 Å². The van der Waals surface area contributed by atoms with Gasteiger partial charge in [0, 0.05) is 10.4 Å². The number of carbonyl (C=O) groups excluding carboxylic acids is 3. The smallest absolute Gasteiger partial charge is 0.361 e. The number of oxazole rings is 1. The van der Waals surface area contributed by atoms with E-state index in [1.165, 1.54) is 11.3 Å². The predicted molar refractivity (Wildman–Crippen MR) is 118 cm³/mol. The third-order valence-corrected chi connectivity index (χ3v) is 6.21. The summed E-state index contributed by atoms with van der Waals surface area (Å²) in [6, 6.07) is 9.16. The minimum atomic E-state index is -0.761. The van der Waals surface area contributed by atoms with Gasteiger partial charge in [0.1, 0.15) is 10.8 Å². The largest absolute Gasteiger partial charge is 0.462 e. The first kappa shape index (κ1) is 21.8. The van der Waals surface area contributed by atoms with Crippen molar-refractivity contribution >= 4 is 34.2 Å². The molecule has 2 heterocycles. The lowest BCUT2D eigenvalue weighted by atomic mass is 10.1. The maximum absolute atomic E-state index is 12.4. The normalized spacial score (nSPS) is 12.3. The molecule has 0 aliphatic heterocycles. The molecule has 4 rings (SSSR count). The van der Waals surface area contributed by atoms with Crippen molar-refractivity contribution in [1.29, 1.82) is 0 Å². The Morgan fingerprint density at radius 2 is 1.91 bits per heavy atom. The molecule has 1 N–H and O–H groups in total. The molecule has 0 saturated carbocycles. The molecule has 9 heteroatoms. The molecule has 0 atom stereocenters. The Bertz CT molecular complexity index is 1160. The highest BCUT2D eigenvalue weighted by molar-refractivity contribution is 7.17. The molecule has 0 unspecified atom stereocenters. The van der Waals surface area contributed by atoms with E-state index in [4.69, 9.17) is 13.9 Å². The molecule has 3 aromatic rings. The van der Waals surface area contributed by atoms with E-state index in [-0.39, 0.29) is 12.3 Å². The average Bonchev–Trinajstić information content (AvgIpc) is 3.47. The standard InChI is InChI=1S/C23H22N2O6S/c1-3-29-22(27)18-15-10-7-11-16(15)32-21(18)24-17(26)12-30-23(28)19-13(2)31-20(25-19)14-8-5-4-6-9-14/h4-6,8-9H,3,7,10-12H2,1-2H3,(H,24,26). The molecule has 1 aliphatic carbocycles. The molecule has 166 valence electrons. The van der Waals surface area contributed by atoms with Crippen LogP contribution >= 0.6 is 11.3 Å². The molecule has 1 aromatic carbocycles. The van der Waals surface area contributed by atoms with Crippen molar-refractivity contribution in [3.05, 3.63) is 57.8 Å². The molecule has 1 amide bonds. The summed E-state index contributed by atoms with van der Waals surface area (Å²) < 4.78 is 15.8. The van der Waals surface area contributed by atoms with Gasteiger partial charge in [-0.25, -0.2) is 14.6 Å². The highest BCUT2D eigenvalue weighted by Gasteiger charge is 2.28. The summed E-state index contributed by atoms with van der Waals surface area (Å²) in [5.74, 6) is -1.16. The van der Waals surface area contributed by atoms with Gasteiger partial charge in [0.05, 0.1) is 12.2 Å². The van der Waals surface area contributed by atoms with Crippen molar-refractivity contribution in [2.24, 2.45) is 0 Å². The van der Waals surface area contributed by atoms with E-state index in [9.17, 15) is 14.4 Å². The number of thiophene rings is 1. The monoisotopic (exact) mass is 454 g/mol. The lowest BCUT2D eigenvalue weighted by Gasteiger charge is -2.08. The van der Waals surface area contributed by atoms with Crippen LogP contribution < -0.4 is 5.32 Å². The van der Waals surface area contributed by atoms with Crippen LogP contribution in [0.4, 0.5) is 5.00 Å². The zero-order valence-corrected chi connectivity index (χ0v) is 18.5. The minimum Gasteiger partial charge on any atom is -0.462 e. The Morgan fingerprint density at radius 3 is 2.66 bits per heavy atom. The SMILES string of the molecule is CCOC(=O)c1c(NC(=O)COC(=O)c2nc(-c3ccccc3)oc2C)sc2c1CCC2. The van der Waals surface area contributed by atoms with E-state index in [1.54, 1.807) is 13.8 Å². The fourth-order valence-electron chi connectivity index (χ4n) is 3.56. The number of ether oxygens (including phenoxy) is 2. The Labute approximate surface area is 188 Å². The number of benzene rings is 1. The molecule has 32 heavy (non-hydrogen) atoms. The van der Waals surface area contributed by atoms with Gasteiger partial charge >= 0.3 is 11.9 Å². The quantitative estimate of drug-likeness (QED) is 0.534. The summed E-state index contributed by atoms with van der Waals surface area (Å²) in [6.07, 6.45) is 2.62. The highest BCUT2D eigenvalue weighted by atomic mass is 32.1. The average molecular weight is 455 g/mol. The number of rotatable bonds is 7. The van der Waals surface area contributed by atoms with E-state index in [2.05, 4.69) is 10.3 Å². The van der Waals surface area contributed by atoms with E-state index in [1.807, 2.05) is 30.3 Å². The van der Waals surface area contributed by atoms with Crippen molar-refractivity contribution < 1.29 is 28.3 Å². The summed E-state index contributed by atoms with van der Waals surface area (Å²) >= 11 is 1.36. The van der Waals surface area contributed by atoms with Crippen molar-refractivity contribution in [2.75, 3.05) is 18.5 Å². The second-order valence-corrected chi connectivity index (χ2v) is 8.30. The van der Waals surface area contributed by atoms with Gasteiger partial charge in [0.25, 0.3) is 5.91 Å². The molecule has 8 nitrogen and oxygen atoms in total. The third-order valence-electron chi connectivity index (χ3n) is 5.00. The molecule has 0 fully saturated rings. The summed E-state index contributed by atoms with van der Waals surface area (Å²) in [4.78, 5) is 42.6. The third kappa shape index (κ3) is 4.43. The van der Waals surface area contributed by atoms with Gasteiger partial charge in [-0.15, -0.1) is 11.3 Å². The van der Waals surface area contributed by atoms with Crippen molar-refractivity contribution in [2.45, 2.75) is 33.1 Å². The summed E-state index contributed by atoms with van der Waals surface area (Å²) in [5, 5.41) is 3.12. The van der Waals surface area contributed by atoms with E-state index in [0.717, 1.165) is 35.3 Å². The molecule has 1 aliphatic rings. The number of nitrogens with one attached hydrogen (secondary N) is 1. The van der Waals surface area contributed by atoms with Crippen molar-refractivity contribution in [3.8, 4) is 11.5 Å². The summed E-state index contributed by atoms with van der Waals surface area (Å²) in [6.45, 7) is 3.07. The maximum atomic E-state index is 12.4. The zero-order chi connectivity index (χ0) is 22.7. The van der Waals surface area contributed by atoms with E-state index in [0.29, 0.717) is 22.2 Å². The molecule has 0 bridgehead atoms. The molecule has 2 aromatic heterocycles. The lowest BCUT2D eigenvalue weighted by Crippen LogP contribution is -2.22. The van der Waals surface area contributed by atoms with Crippen LogP contribution in [0, 0.1) is 6.92 Å². The van der Waals surface area contributed by atoms with Crippen LogP contribution in [0.3, 0.4) is 0 Å². The molecular formula is C23H22N2O6S. The Kier molecular flexibility index (Phi) is 6.36. The van der Waals surface area contributed by atoms with Gasteiger partial charge in [-0.05, 0) is 50.8 Å². The Morgan fingerprint density at radius 1 is 1.12 bits per heavy atom. The van der Waals surface area contributed by atoms with E-state index < -0.39 is 24.5 Å². The van der Waals surface area contributed by atoms with Gasteiger partial charge in [0.2, 0.25) is 5.89 Å². The van der Waals surface area contributed by atoms with Gasteiger partial charge < -0.3 is 19.2 Å². The highest BCUT2D eigenvalue weighted by Crippen LogP contribution is 2.39. The number of carbonyl (C=O) groups is 3. The first-order valence-corrected chi connectivity index (χ1v) is 11.1. The summed E-state index contributed by atoms with van der Waals surface area (Å²) in [5.41, 5.74) is 2.08. The second-order valence-electron chi connectivity index (χ2n) is 7.20. The zero-order valence-electron chi connectivity index (χ0n) is 17.7. The van der Waals surface area contributed by atoms with Crippen LogP contribution in [0.15, 0.2) is 34.7 Å². The number of aryl methyl sites for hydroxylation is 2. The van der Waals surface area contributed by atoms with Crippen LogP contribution in [0.25, 0.3) is 11.5 Å². The van der Waals surface area contributed by atoms with Gasteiger partial charge in [-0.2, -0.15) is 0 Å². The van der Waals surface area contributed by atoms with Crippen LogP contribution in [0.2, 0.25) is 0 Å². The van der Waals surface area contributed by atoms with Crippen LogP contribution in [0.1, 0.15) is 50.4 Å². The van der Waals surface area contributed by atoms with Crippen molar-refractivity contribution in [1.82, 2.24) is 4.98 Å². The first-order chi connectivity index (χ1) is 15.5. The van der Waals surface area contributed by atoms with Gasteiger partial charge in [-0.3, -0.25) is 4.79 Å². The molecule has 0 saturated heterocycles. The minimum absolute atomic E-state index is 0.0129. The second kappa shape index (κ2) is 9.35. The first-order valence-electron chi connectivity index (χ1n) is 10.3. The number of esters is 2. The van der Waals surface area contributed by atoms with Gasteiger partial charge in [-0.1, -0.05) is 18.2 Å². The fourth-order valence-corrected chi connectivity index (χ4v) is 4.86. The number of aromatic nitrogens is 1. The number of anilines is 1. The molecule has 0 spiro atoms. The predicted octanol–water partition coefficient (Wildman–Crippen LogP) is 4.17. The van der Waals surface area contributed by atoms with Crippen LogP contribution in [0.5, 0.6) is 0 Å². The van der Waals surface area contributed by atoms with Gasteiger partial charge in [0.15, 0.2) is 12.3 Å². The van der Waals surface area contributed by atoms with Crippen LogP contribution in [-0.4, -0.2) is 36.0 Å². The topological polar surface area (TPSA) is 108 Å². The maximum Gasteiger partial charge on any atom is 0.361 e. The number of fused-ring (bicyclic) bond motifs is 1. The Balaban J connectivity index is 1.41. The lowest BCUT2D eigenvalue weighted by molar-refractivity contribution is -0.119. The number of nitrogens with zero attached hydrogens (tertiary/aromatic N) is 1. The van der Waals surface area contributed by atoms with E-state index >= 15 is 0 Å². The number of hydrogen-bond acceptors (Lipinski definition) is 8. The number of hydrogen-bond donors (Lipinski definition) is 1. The molecular weight excluding hydrogens is 432 g/mol. The Hall–Kier alpha value is -3.46. The fraction of sp³-hybridized carbons (Fsp3) is 0.304. The summed E-state index contributed by atoms with van der Waals surface area (Å²) in [7, 11) is 0. The number of amides is 1. The molecule has 0 radical (unpaired) electrons. The van der Waals surface area contributed by atoms with Crippen molar-refractivity contribution in [3.63, 3.8) is 0 Å².